The molecule has 2 nitrogen and oxygen atoms in total. The Morgan fingerprint density at radius 1 is 1.24 bits per heavy atom. The molecule has 1 N–H and O–H groups in total. The number of nitrogens with zero attached hydrogens (tertiary/aromatic N) is 1. The first-order chi connectivity index (χ1) is 8.26. The maximum atomic E-state index is 3.67. The average molecular weight is 254 g/mol. The van der Waals surface area contributed by atoms with Crippen molar-refractivity contribution in [2.75, 3.05) is 19.3 Å². The molecule has 98 valence electrons. The normalized spacial score (nSPS) is 39.5. The van der Waals surface area contributed by atoms with E-state index in [-0.39, 0.29) is 0 Å². The lowest BCUT2D eigenvalue weighted by atomic mass is 9.97. The van der Waals surface area contributed by atoms with Gasteiger partial charge in [-0.05, 0) is 51.3 Å². The van der Waals surface area contributed by atoms with Gasteiger partial charge < -0.3 is 5.32 Å². The molecule has 0 spiro atoms. The van der Waals surface area contributed by atoms with Crippen molar-refractivity contribution in [3.05, 3.63) is 0 Å². The number of hydrogen-bond donors (Lipinski definition) is 1. The van der Waals surface area contributed by atoms with Gasteiger partial charge in [0.25, 0.3) is 0 Å². The fraction of sp³-hybridized carbons (Fsp3) is 1.00. The van der Waals surface area contributed by atoms with Gasteiger partial charge in [-0.1, -0.05) is 6.92 Å². The highest BCUT2D eigenvalue weighted by atomic mass is 32.2. The number of nitrogens with one attached hydrogen (secondary N) is 1. The summed E-state index contributed by atoms with van der Waals surface area (Å²) in [4.78, 5) is 2.87. The second-order valence-electron chi connectivity index (χ2n) is 6.17. The van der Waals surface area contributed by atoms with Crippen LogP contribution in [0, 0.1) is 0 Å². The number of rotatable bonds is 5. The van der Waals surface area contributed by atoms with Crippen LogP contribution in [-0.4, -0.2) is 47.1 Å². The second kappa shape index (κ2) is 4.75. The Bertz CT molecular complexity index is 263. The number of hydrogen-bond acceptors (Lipinski definition) is 3. The van der Waals surface area contributed by atoms with Gasteiger partial charge in [0.05, 0.1) is 0 Å². The van der Waals surface area contributed by atoms with Gasteiger partial charge in [0, 0.05) is 29.4 Å². The highest BCUT2D eigenvalue weighted by molar-refractivity contribution is 8.00. The number of piperidine rings is 1. The minimum atomic E-state index is 0.659. The largest absolute Gasteiger partial charge is 0.314 e. The van der Waals surface area contributed by atoms with E-state index in [4.69, 9.17) is 0 Å². The van der Waals surface area contributed by atoms with Crippen LogP contribution < -0.4 is 5.32 Å². The first-order valence-electron chi connectivity index (χ1n) is 7.30. The van der Waals surface area contributed by atoms with Gasteiger partial charge in [-0.2, -0.15) is 11.8 Å². The minimum absolute atomic E-state index is 0.659. The average Bonchev–Trinajstić information content (AvgIpc) is 3.05. The lowest BCUT2D eigenvalue weighted by Gasteiger charge is -2.41. The molecule has 1 aliphatic carbocycles. The summed E-state index contributed by atoms with van der Waals surface area (Å²) in [5.41, 5.74) is 0. The molecule has 0 amide bonds. The van der Waals surface area contributed by atoms with E-state index in [0.717, 1.165) is 24.7 Å². The van der Waals surface area contributed by atoms with Crippen LogP contribution in [0.25, 0.3) is 0 Å². The van der Waals surface area contributed by atoms with E-state index in [2.05, 4.69) is 35.2 Å². The maximum absolute atomic E-state index is 3.67. The first kappa shape index (κ1) is 12.3. The summed E-state index contributed by atoms with van der Waals surface area (Å²) in [6.45, 7) is 4.75. The van der Waals surface area contributed by atoms with Crippen LogP contribution in [0.1, 0.15) is 45.4 Å². The highest BCUT2D eigenvalue weighted by Gasteiger charge is 2.49. The van der Waals surface area contributed by atoms with Gasteiger partial charge in [-0.15, -0.1) is 0 Å². The van der Waals surface area contributed by atoms with Crippen molar-refractivity contribution < 1.29 is 0 Å². The summed E-state index contributed by atoms with van der Waals surface area (Å²) in [5.74, 6) is 0. The maximum Gasteiger partial charge on any atom is 0.0285 e. The molecule has 2 saturated heterocycles. The molecule has 0 aromatic rings. The molecule has 2 bridgehead atoms. The van der Waals surface area contributed by atoms with Crippen LogP contribution in [0.3, 0.4) is 0 Å². The molecular formula is C14H26N2S. The molecular weight excluding hydrogens is 228 g/mol. The van der Waals surface area contributed by atoms with Crippen molar-refractivity contribution in [3.63, 3.8) is 0 Å². The summed E-state index contributed by atoms with van der Waals surface area (Å²) in [7, 11) is 0. The minimum Gasteiger partial charge on any atom is -0.314 e. The van der Waals surface area contributed by atoms with Crippen LogP contribution in [0.5, 0.6) is 0 Å². The summed E-state index contributed by atoms with van der Waals surface area (Å²) >= 11 is 2.12. The van der Waals surface area contributed by atoms with Crippen LogP contribution in [0.4, 0.5) is 0 Å². The smallest absolute Gasteiger partial charge is 0.0285 e. The second-order valence-corrected chi connectivity index (χ2v) is 7.44. The van der Waals surface area contributed by atoms with Gasteiger partial charge >= 0.3 is 0 Å². The molecule has 3 aliphatic rings. The van der Waals surface area contributed by atoms with E-state index in [1.165, 1.54) is 45.1 Å². The van der Waals surface area contributed by atoms with E-state index in [0.29, 0.717) is 4.75 Å². The van der Waals surface area contributed by atoms with Gasteiger partial charge in [0.15, 0.2) is 0 Å². The third-order valence-corrected chi connectivity index (χ3v) is 6.49. The molecule has 17 heavy (non-hydrogen) atoms. The fourth-order valence-corrected chi connectivity index (χ4v) is 4.68. The van der Waals surface area contributed by atoms with Crippen LogP contribution in [0.2, 0.25) is 0 Å². The third kappa shape index (κ3) is 2.39. The zero-order valence-electron chi connectivity index (χ0n) is 11.2. The van der Waals surface area contributed by atoms with Crippen molar-refractivity contribution in [1.29, 1.82) is 0 Å². The Hall–Kier alpha value is 0.270. The van der Waals surface area contributed by atoms with E-state index >= 15 is 0 Å². The Morgan fingerprint density at radius 3 is 2.35 bits per heavy atom. The SMILES string of the molecule is CCNC1CC2CCC(C1)N2CC1(SC)CC1. The number of thioether (sulfide) groups is 1. The molecule has 2 heterocycles. The molecule has 0 aromatic carbocycles. The van der Waals surface area contributed by atoms with Crippen LogP contribution >= 0.6 is 11.8 Å². The van der Waals surface area contributed by atoms with Crippen molar-refractivity contribution in [2.45, 2.75) is 68.3 Å². The lowest BCUT2D eigenvalue weighted by molar-refractivity contribution is 0.116. The Labute approximate surface area is 110 Å². The summed E-state index contributed by atoms with van der Waals surface area (Å²) in [6.07, 6.45) is 10.9. The molecule has 1 saturated carbocycles. The van der Waals surface area contributed by atoms with E-state index in [9.17, 15) is 0 Å². The van der Waals surface area contributed by atoms with E-state index in [1.807, 2.05) is 0 Å². The Morgan fingerprint density at radius 2 is 1.88 bits per heavy atom. The third-order valence-electron chi connectivity index (χ3n) is 5.09. The van der Waals surface area contributed by atoms with Crippen molar-refractivity contribution in [2.24, 2.45) is 0 Å². The Balaban J connectivity index is 1.61. The van der Waals surface area contributed by atoms with Gasteiger partial charge in [0.1, 0.15) is 0 Å². The lowest BCUT2D eigenvalue weighted by Crippen LogP contribution is -2.51. The van der Waals surface area contributed by atoms with Crippen LogP contribution in [0.15, 0.2) is 0 Å². The predicted octanol–water partition coefficient (Wildman–Crippen LogP) is 2.49. The predicted molar refractivity (Wildman–Crippen MR) is 75.7 cm³/mol. The monoisotopic (exact) mass is 254 g/mol. The van der Waals surface area contributed by atoms with E-state index < -0.39 is 0 Å². The molecule has 0 aromatic heterocycles. The zero-order valence-corrected chi connectivity index (χ0v) is 12.1. The molecule has 2 unspecified atom stereocenters. The van der Waals surface area contributed by atoms with E-state index in [1.54, 1.807) is 0 Å². The standard InChI is InChI=1S/C14H26N2S/c1-3-15-11-8-12-4-5-13(9-11)16(12)10-14(17-2)6-7-14/h11-13,15H,3-10H2,1-2H3. The quantitative estimate of drug-likeness (QED) is 0.811. The first-order valence-corrected chi connectivity index (χ1v) is 8.53. The van der Waals surface area contributed by atoms with Crippen molar-refractivity contribution in [1.82, 2.24) is 10.2 Å². The summed E-state index contributed by atoms with van der Waals surface area (Å²) < 4.78 is 0.659. The van der Waals surface area contributed by atoms with Crippen molar-refractivity contribution >= 4 is 11.8 Å². The molecule has 0 radical (unpaired) electrons. The molecule has 2 atom stereocenters. The summed E-state index contributed by atoms with van der Waals surface area (Å²) in [6, 6.07) is 2.59. The van der Waals surface area contributed by atoms with Gasteiger partial charge in [0.2, 0.25) is 0 Å². The fourth-order valence-electron chi connectivity index (χ4n) is 3.89. The zero-order chi connectivity index (χ0) is 11.9. The molecule has 3 heteroatoms. The Kier molecular flexibility index (Phi) is 3.44. The number of fused-ring (bicyclic) bond motifs is 2. The highest BCUT2D eigenvalue weighted by Crippen LogP contribution is 2.50. The van der Waals surface area contributed by atoms with Gasteiger partial charge in [-0.25, -0.2) is 0 Å². The summed E-state index contributed by atoms with van der Waals surface area (Å²) in [5, 5.41) is 3.67. The molecule has 3 fully saturated rings. The van der Waals surface area contributed by atoms with Gasteiger partial charge in [-0.3, -0.25) is 4.90 Å². The van der Waals surface area contributed by atoms with Crippen LogP contribution in [-0.2, 0) is 0 Å². The van der Waals surface area contributed by atoms with Crippen molar-refractivity contribution in [3.8, 4) is 0 Å². The topological polar surface area (TPSA) is 15.3 Å². The molecule has 3 rings (SSSR count). The molecule has 2 aliphatic heterocycles.